The third-order valence-electron chi connectivity index (χ3n) is 6.87. The first-order valence-electron chi connectivity index (χ1n) is 12.6. The summed E-state index contributed by atoms with van der Waals surface area (Å²) in [6, 6.07) is -0.884. The highest BCUT2D eigenvalue weighted by Gasteiger charge is 2.40. The molecule has 2 fully saturated rings. The van der Waals surface area contributed by atoms with Gasteiger partial charge in [-0.15, -0.1) is 0 Å². The van der Waals surface area contributed by atoms with Gasteiger partial charge in [0.05, 0.1) is 19.4 Å². The molecule has 1 amide bonds. The molecular formula is C24H32F3N7O4. The van der Waals surface area contributed by atoms with Crippen molar-refractivity contribution in [2.75, 3.05) is 43.5 Å². The number of nitrogens with one attached hydrogen (secondary N) is 1. The average molecular weight is 540 g/mol. The predicted octanol–water partition coefficient (Wildman–Crippen LogP) is 2.22. The van der Waals surface area contributed by atoms with Crippen LogP contribution in [0.25, 0.3) is 0 Å². The first-order valence-corrected chi connectivity index (χ1v) is 12.6. The lowest BCUT2D eigenvalue weighted by Gasteiger charge is -2.33. The number of alkyl halides is 3. The van der Waals surface area contributed by atoms with Crippen LogP contribution in [0.1, 0.15) is 43.1 Å². The summed E-state index contributed by atoms with van der Waals surface area (Å²) in [6.45, 7) is 3.34. The van der Waals surface area contributed by atoms with Crippen molar-refractivity contribution in [2.45, 2.75) is 44.8 Å². The fourth-order valence-electron chi connectivity index (χ4n) is 4.22. The third kappa shape index (κ3) is 7.33. The number of aliphatic hydroxyl groups is 1. The van der Waals surface area contributed by atoms with Crippen molar-refractivity contribution in [3.8, 4) is 11.8 Å². The van der Waals surface area contributed by atoms with E-state index >= 15 is 0 Å². The zero-order valence-corrected chi connectivity index (χ0v) is 21.0. The molecule has 0 bridgehead atoms. The third-order valence-corrected chi connectivity index (χ3v) is 6.87. The first kappa shape index (κ1) is 27.6. The minimum absolute atomic E-state index is 0.0533. The van der Waals surface area contributed by atoms with Crippen molar-refractivity contribution in [1.82, 2.24) is 25.3 Å². The summed E-state index contributed by atoms with van der Waals surface area (Å²) in [5.41, 5.74) is 5.56. The number of nitrogens with zero attached hydrogens (tertiary/aromatic N) is 5. The summed E-state index contributed by atoms with van der Waals surface area (Å²) in [6.07, 6.45) is -0.00167. The number of nitrogens with two attached hydrogens (primary N) is 1. The van der Waals surface area contributed by atoms with Gasteiger partial charge in [-0.05, 0) is 43.4 Å². The van der Waals surface area contributed by atoms with E-state index in [-0.39, 0.29) is 23.4 Å². The van der Waals surface area contributed by atoms with Crippen LogP contribution in [0.3, 0.4) is 0 Å². The largest absolute Gasteiger partial charge is 0.488 e. The molecule has 0 spiro atoms. The molecule has 1 aliphatic heterocycles. The molecule has 4 rings (SSSR count). The number of nitrogen functional groups attached to an aromatic ring is 1. The first-order chi connectivity index (χ1) is 18.1. The Bertz CT molecular complexity index is 1100. The number of halogens is 3. The average Bonchev–Trinajstić information content (AvgIpc) is 3.61. The second-order valence-electron chi connectivity index (χ2n) is 9.77. The Labute approximate surface area is 218 Å². The summed E-state index contributed by atoms with van der Waals surface area (Å²) < 4.78 is 51.4. The van der Waals surface area contributed by atoms with E-state index in [2.05, 4.69) is 26.9 Å². The quantitative estimate of drug-likeness (QED) is 0.388. The van der Waals surface area contributed by atoms with Crippen molar-refractivity contribution in [3.05, 3.63) is 24.3 Å². The van der Waals surface area contributed by atoms with Gasteiger partial charge in [-0.25, -0.2) is 9.97 Å². The molecule has 1 saturated heterocycles. The Balaban J connectivity index is 1.43. The number of hydrogen-bond donors (Lipinski definition) is 3. The van der Waals surface area contributed by atoms with Crippen LogP contribution < -0.4 is 25.4 Å². The summed E-state index contributed by atoms with van der Waals surface area (Å²) in [7, 11) is 0. The van der Waals surface area contributed by atoms with E-state index in [1.807, 2.05) is 10.2 Å². The van der Waals surface area contributed by atoms with Crippen LogP contribution >= 0.6 is 0 Å². The minimum atomic E-state index is -4.71. The highest BCUT2D eigenvalue weighted by molar-refractivity contribution is 5.93. The van der Waals surface area contributed by atoms with Crippen LogP contribution in [0.15, 0.2) is 18.6 Å². The molecule has 0 aromatic carbocycles. The van der Waals surface area contributed by atoms with Gasteiger partial charge in [0.15, 0.2) is 11.6 Å². The predicted molar refractivity (Wildman–Crippen MR) is 131 cm³/mol. The van der Waals surface area contributed by atoms with Gasteiger partial charge in [-0.3, -0.25) is 4.79 Å². The molecule has 38 heavy (non-hydrogen) atoms. The van der Waals surface area contributed by atoms with E-state index in [0.29, 0.717) is 49.7 Å². The smallest absolute Gasteiger partial charge is 0.408 e. The number of anilines is 2. The van der Waals surface area contributed by atoms with Crippen LogP contribution in [0, 0.1) is 17.8 Å². The number of aromatic nitrogens is 4. The maximum Gasteiger partial charge on any atom is 0.408 e. The molecule has 1 saturated carbocycles. The lowest BCUT2D eigenvalue weighted by molar-refractivity contribution is -0.156. The van der Waals surface area contributed by atoms with E-state index < -0.39 is 31.2 Å². The fraction of sp³-hybridized carbons (Fsp3) is 0.625. The maximum absolute atomic E-state index is 13.3. The normalized spacial score (nSPS) is 20.6. The van der Waals surface area contributed by atoms with Crippen molar-refractivity contribution in [2.24, 2.45) is 17.8 Å². The van der Waals surface area contributed by atoms with Gasteiger partial charge < -0.3 is 30.5 Å². The zero-order valence-electron chi connectivity index (χ0n) is 21.0. The van der Waals surface area contributed by atoms with E-state index in [1.165, 1.54) is 18.6 Å². The highest BCUT2D eigenvalue weighted by atomic mass is 19.4. The van der Waals surface area contributed by atoms with E-state index in [4.69, 9.17) is 20.3 Å². The summed E-state index contributed by atoms with van der Waals surface area (Å²) >= 11 is 0. The molecule has 2 aromatic heterocycles. The maximum atomic E-state index is 13.3. The van der Waals surface area contributed by atoms with Gasteiger partial charge in [0, 0.05) is 25.8 Å². The van der Waals surface area contributed by atoms with Crippen molar-refractivity contribution < 1.29 is 32.5 Å². The number of carbonyl (C=O) groups excluding carboxylic acids is 1. The minimum Gasteiger partial charge on any atom is -0.488 e. The molecule has 3 heterocycles. The Kier molecular flexibility index (Phi) is 8.69. The topological polar surface area (TPSA) is 149 Å². The summed E-state index contributed by atoms with van der Waals surface area (Å²) in [5, 5.41) is 10.9. The molecule has 2 unspecified atom stereocenters. The fourth-order valence-corrected chi connectivity index (χ4v) is 4.22. The van der Waals surface area contributed by atoms with Crippen molar-refractivity contribution >= 4 is 17.5 Å². The number of piperidine rings is 1. The monoisotopic (exact) mass is 539 g/mol. The Morgan fingerprint density at radius 2 is 2.00 bits per heavy atom. The number of hydrogen-bond acceptors (Lipinski definition) is 10. The lowest BCUT2D eigenvalue weighted by atomic mass is 9.98. The molecule has 14 heteroatoms. The Morgan fingerprint density at radius 3 is 2.63 bits per heavy atom. The molecule has 1 aliphatic carbocycles. The second-order valence-corrected chi connectivity index (χ2v) is 9.77. The van der Waals surface area contributed by atoms with E-state index in [9.17, 15) is 18.0 Å². The van der Waals surface area contributed by atoms with E-state index in [1.54, 1.807) is 0 Å². The molecule has 2 aromatic rings. The molecule has 11 nitrogen and oxygen atoms in total. The van der Waals surface area contributed by atoms with Crippen LogP contribution in [-0.4, -0.2) is 76.1 Å². The van der Waals surface area contributed by atoms with Crippen molar-refractivity contribution in [3.63, 3.8) is 0 Å². The standard InChI is InChI=1S/C24H32F3N7O4/c1-14-8-16(14)12-38-23-31-17(22(36)32-19(4-7-35)24(25,26)27)9-20(33-23)34-5-2-15(3-6-34)11-37-18-10-29-13-30-21(18)28/h9-10,13-16,19,35H,2-8,11-12H2,1H3,(H,32,36)(H2,28,29,30)/t14-,16?,19?/m1/s1. The van der Waals surface area contributed by atoms with Crippen LogP contribution in [-0.2, 0) is 0 Å². The van der Waals surface area contributed by atoms with Gasteiger partial charge in [-0.2, -0.15) is 23.1 Å². The molecule has 4 N–H and O–H groups in total. The zero-order chi connectivity index (χ0) is 27.3. The molecular weight excluding hydrogens is 507 g/mol. The SMILES string of the molecule is C[C@@H]1CC1COc1nc(C(=O)NC(CCO)C(F)(F)F)cc(N2CCC(COc3cncnc3N)CC2)n1. The van der Waals surface area contributed by atoms with Gasteiger partial charge in [-0.1, -0.05) is 6.92 Å². The Hall–Kier alpha value is -3.42. The number of amides is 1. The number of aliphatic hydroxyl groups excluding tert-OH is 1. The van der Waals surface area contributed by atoms with Crippen LogP contribution in [0.4, 0.5) is 24.8 Å². The highest BCUT2D eigenvalue weighted by Crippen LogP contribution is 2.37. The summed E-state index contributed by atoms with van der Waals surface area (Å²) in [4.78, 5) is 31.1. The van der Waals surface area contributed by atoms with Crippen LogP contribution in [0.2, 0.25) is 0 Å². The van der Waals surface area contributed by atoms with Crippen LogP contribution in [0.5, 0.6) is 11.8 Å². The van der Waals surface area contributed by atoms with Gasteiger partial charge in [0.25, 0.3) is 5.91 Å². The van der Waals surface area contributed by atoms with Gasteiger partial charge >= 0.3 is 12.2 Å². The molecule has 2 aliphatic rings. The van der Waals surface area contributed by atoms with Crippen molar-refractivity contribution in [1.29, 1.82) is 0 Å². The van der Waals surface area contributed by atoms with Gasteiger partial charge in [0.2, 0.25) is 0 Å². The number of rotatable bonds is 11. The van der Waals surface area contributed by atoms with Gasteiger partial charge in [0.1, 0.15) is 23.9 Å². The molecule has 208 valence electrons. The van der Waals surface area contributed by atoms with E-state index in [0.717, 1.165) is 19.3 Å². The molecule has 0 radical (unpaired) electrons. The lowest BCUT2D eigenvalue weighted by Crippen LogP contribution is -2.46. The number of carbonyl (C=O) groups is 1. The Morgan fingerprint density at radius 1 is 1.26 bits per heavy atom. The number of ether oxygens (including phenoxy) is 2. The second kappa shape index (κ2) is 12.0. The summed E-state index contributed by atoms with van der Waals surface area (Å²) in [5.74, 6) is 1.18. The molecule has 3 atom stereocenters.